The maximum atomic E-state index is 4.19. The molecule has 1 fully saturated rings. The molecule has 2 aliphatic rings. The average molecular weight is 290 g/mol. The van der Waals surface area contributed by atoms with Gasteiger partial charge in [0.2, 0.25) is 0 Å². The third-order valence-electron chi connectivity index (χ3n) is 4.25. The van der Waals surface area contributed by atoms with Crippen molar-refractivity contribution in [3.8, 4) is 0 Å². The molecule has 0 saturated carbocycles. The number of H-pyrrole nitrogens is 1. The summed E-state index contributed by atoms with van der Waals surface area (Å²) in [6.07, 6.45) is 8.54. The van der Waals surface area contributed by atoms with Crippen LogP contribution in [0.1, 0.15) is 37.4 Å². The van der Waals surface area contributed by atoms with Crippen molar-refractivity contribution in [1.82, 2.24) is 15.1 Å². The van der Waals surface area contributed by atoms with E-state index in [9.17, 15) is 0 Å². The normalized spacial score (nSPS) is 26.5. The van der Waals surface area contributed by atoms with Crippen molar-refractivity contribution in [2.45, 2.75) is 45.1 Å². The Balaban J connectivity index is 0.000000810. The first kappa shape index (κ1) is 15.8. The van der Waals surface area contributed by atoms with Crippen molar-refractivity contribution >= 4 is 0 Å². The number of fused-ring (bicyclic) bond motifs is 2. The second-order valence-corrected chi connectivity index (χ2v) is 5.29. The van der Waals surface area contributed by atoms with Crippen LogP contribution in [0, 0.1) is 5.92 Å². The van der Waals surface area contributed by atoms with Crippen molar-refractivity contribution < 1.29 is 24.8 Å². The zero-order valence-electron chi connectivity index (χ0n) is 10.8. The van der Waals surface area contributed by atoms with E-state index >= 15 is 0 Å². The van der Waals surface area contributed by atoms with Crippen LogP contribution >= 0.6 is 0 Å². The van der Waals surface area contributed by atoms with Crippen molar-refractivity contribution in [2.75, 3.05) is 13.1 Å². The Hall–Kier alpha value is -0.250. The lowest BCUT2D eigenvalue weighted by Crippen LogP contribution is -3.00. The van der Waals surface area contributed by atoms with E-state index in [1.165, 1.54) is 56.5 Å². The fraction of sp³-hybridized carbons (Fsp3) is 0.769. The Bertz CT molecular complexity index is 365. The van der Waals surface area contributed by atoms with E-state index in [0.29, 0.717) is 0 Å². The molecule has 5 heteroatoms. The van der Waals surface area contributed by atoms with Crippen molar-refractivity contribution in [2.24, 2.45) is 5.92 Å². The summed E-state index contributed by atoms with van der Waals surface area (Å²) >= 11 is 0. The molecule has 1 saturated heterocycles. The summed E-state index contributed by atoms with van der Waals surface area (Å²) in [6, 6.07) is 0.791. The zero-order valence-corrected chi connectivity index (χ0v) is 12.3. The molecule has 2 atom stereocenters. The van der Waals surface area contributed by atoms with E-state index in [4.69, 9.17) is 0 Å². The summed E-state index contributed by atoms with van der Waals surface area (Å²) in [7, 11) is 0. The smallest absolute Gasteiger partial charge is 0.0522 e. The molecule has 0 radical (unpaired) electrons. The van der Waals surface area contributed by atoms with Gasteiger partial charge in [0.1, 0.15) is 0 Å². The molecule has 104 valence electrons. The average Bonchev–Trinajstić information content (AvgIpc) is 2.74. The first-order valence-electron chi connectivity index (χ1n) is 6.63. The third kappa shape index (κ3) is 2.84. The van der Waals surface area contributed by atoms with E-state index in [-0.39, 0.29) is 24.8 Å². The molecular formula is C13H21Cl2N3-2. The molecule has 1 N–H and O–H groups in total. The molecule has 18 heavy (non-hydrogen) atoms. The minimum absolute atomic E-state index is 0. The number of hydrogen-bond acceptors (Lipinski definition) is 2. The Morgan fingerprint density at radius 1 is 1.39 bits per heavy atom. The van der Waals surface area contributed by atoms with Crippen LogP contribution in [0.15, 0.2) is 6.20 Å². The molecule has 1 aliphatic carbocycles. The quantitative estimate of drug-likeness (QED) is 0.602. The molecule has 2 heterocycles. The lowest BCUT2D eigenvalue weighted by Gasteiger charge is -2.43. The highest BCUT2D eigenvalue weighted by Crippen LogP contribution is 2.34. The minimum atomic E-state index is 0. The van der Waals surface area contributed by atoms with E-state index in [0.717, 1.165) is 12.0 Å². The number of aromatic amines is 1. The van der Waals surface area contributed by atoms with Gasteiger partial charge in [-0.25, -0.2) is 0 Å². The Morgan fingerprint density at radius 3 is 3.00 bits per heavy atom. The summed E-state index contributed by atoms with van der Waals surface area (Å²) in [4.78, 5) is 2.71. The molecule has 0 aromatic carbocycles. The van der Waals surface area contributed by atoms with Crippen LogP contribution in [-0.4, -0.2) is 34.2 Å². The molecule has 0 spiro atoms. The maximum absolute atomic E-state index is 4.19. The van der Waals surface area contributed by atoms with Gasteiger partial charge in [-0.3, -0.25) is 10.00 Å². The van der Waals surface area contributed by atoms with Gasteiger partial charge in [0.05, 0.1) is 6.20 Å². The highest BCUT2D eigenvalue weighted by molar-refractivity contribution is 5.23. The summed E-state index contributed by atoms with van der Waals surface area (Å²) in [5, 5.41) is 7.36. The molecule has 0 unspecified atom stereocenters. The van der Waals surface area contributed by atoms with Gasteiger partial charge < -0.3 is 24.8 Å². The first-order chi connectivity index (χ1) is 7.88. The van der Waals surface area contributed by atoms with Crippen molar-refractivity contribution in [3.05, 3.63) is 17.5 Å². The Labute approximate surface area is 122 Å². The van der Waals surface area contributed by atoms with Crippen LogP contribution in [0.4, 0.5) is 0 Å². The highest BCUT2D eigenvalue weighted by Gasteiger charge is 2.35. The SMILES string of the molecule is CCCN1CCC[C@@H]2Cc3[nH]ncc3C[C@H]21.[Cl-].[Cl-]. The molecule has 0 bridgehead atoms. The maximum Gasteiger partial charge on any atom is 0.0522 e. The second-order valence-electron chi connectivity index (χ2n) is 5.29. The Morgan fingerprint density at radius 2 is 2.22 bits per heavy atom. The number of rotatable bonds is 2. The fourth-order valence-corrected chi connectivity index (χ4v) is 3.49. The number of nitrogens with one attached hydrogen (secondary N) is 1. The fourth-order valence-electron chi connectivity index (χ4n) is 3.49. The van der Waals surface area contributed by atoms with E-state index in [1.54, 1.807) is 0 Å². The topological polar surface area (TPSA) is 31.9 Å². The van der Waals surface area contributed by atoms with Gasteiger partial charge >= 0.3 is 0 Å². The van der Waals surface area contributed by atoms with Gasteiger partial charge in [0, 0.05) is 11.7 Å². The molecule has 0 amide bonds. The molecule has 1 aromatic rings. The number of halogens is 2. The van der Waals surface area contributed by atoms with Gasteiger partial charge in [-0.15, -0.1) is 0 Å². The lowest BCUT2D eigenvalue weighted by atomic mass is 9.77. The van der Waals surface area contributed by atoms with Crippen molar-refractivity contribution in [3.63, 3.8) is 0 Å². The number of piperidine rings is 1. The van der Waals surface area contributed by atoms with Crippen LogP contribution < -0.4 is 24.8 Å². The molecule has 3 rings (SSSR count). The molecule has 3 nitrogen and oxygen atoms in total. The minimum Gasteiger partial charge on any atom is -1.00 e. The van der Waals surface area contributed by atoms with E-state index in [1.807, 2.05) is 6.20 Å². The summed E-state index contributed by atoms with van der Waals surface area (Å²) < 4.78 is 0. The first-order valence-corrected chi connectivity index (χ1v) is 6.63. The number of aromatic nitrogens is 2. The largest absolute Gasteiger partial charge is 1.00 e. The van der Waals surface area contributed by atoms with Gasteiger partial charge in [0.15, 0.2) is 0 Å². The lowest BCUT2D eigenvalue weighted by molar-refractivity contribution is -0.00100. The van der Waals surface area contributed by atoms with E-state index < -0.39 is 0 Å². The van der Waals surface area contributed by atoms with Gasteiger partial charge in [-0.1, -0.05) is 6.92 Å². The number of nitrogens with zero attached hydrogens (tertiary/aromatic N) is 2. The summed E-state index contributed by atoms with van der Waals surface area (Å²) in [6.45, 7) is 4.87. The van der Waals surface area contributed by atoms with Crippen molar-refractivity contribution in [1.29, 1.82) is 0 Å². The Kier molecular flexibility index (Phi) is 5.96. The van der Waals surface area contributed by atoms with Crippen LogP contribution in [0.3, 0.4) is 0 Å². The van der Waals surface area contributed by atoms with Crippen LogP contribution in [0.2, 0.25) is 0 Å². The van der Waals surface area contributed by atoms with Gasteiger partial charge in [0.25, 0.3) is 0 Å². The van der Waals surface area contributed by atoms with Gasteiger partial charge in [-0.05, 0) is 56.7 Å². The van der Waals surface area contributed by atoms with Crippen LogP contribution in [0.25, 0.3) is 0 Å². The molecular weight excluding hydrogens is 269 g/mol. The van der Waals surface area contributed by atoms with Crippen LogP contribution in [0.5, 0.6) is 0 Å². The zero-order chi connectivity index (χ0) is 11.0. The third-order valence-corrected chi connectivity index (χ3v) is 4.25. The van der Waals surface area contributed by atoms with E-state index in [2.05, 4.69) is 22.0 Å². The summed E-state index contributed by atoms with van der Waals surface area (Å²) in [5.74, 6) is 0.869. The predicted octanol–water partition coefficient (Wildman–Crippen LogP) is -3.99. The monoisotopic (exact) mass is 289 g/mol. The molecule has 1 aliphatic heterocycles. The van der Waals surface area contributed by atoms with Crippen LogP contribution in [-0.2, 0) is 12.8 Å². The number of likely N-dealkylation sites (tertiary alicyclic amines) is 1. The second kappa shape index (κ2) is 6.78. The molecule has 1 aromatic heterocycles. The highest BCUT2D eigenvalue weighted by atomic mass is 35.5. The predicted molar refractivity (Wildman–Crippen MR) is 64.4 cm³/mol. The van der Waals surface area contributed by atoms with Gasteiger partial charge in [-0.2, -0.15) is 5.10 Å². The summed E-state index contributed by atoms with van der Waals surface area (Å²) in [5.41, 5.74) is 2.86. The number of hydrogen-bond donors (Lipinski definition) is 1. The standard InChI is InChI=1S/C13H21N3.2ClH/c1-2-5-16-6-3-4-10-7-12-11(8-13(10)16)9-14-15-12;;/h9-10,13H,2-8H2,1H3,(H,14,15);2*1H/p-2/t10-,13-;;/m1../s1.